The molecule has 5 nitrogen and oxygen atoms in total. The number of rotatable bonds is 4. The Balaban J connectivity index is 1.67. The van der Waals surface area contributed by atoms with Gasteiger partial charge < -0.3 is 10.1 Å². The molecule has 1 aliphatic rings. The van der Waals surface area contributed by atoms with Gasteiger partial charge in [0.25, 0.3) is 0 Å². The van der Waals surface area contributed by atoms with E-state index in [1.54, 1.807) is 0 Å². The Kier molecular flexibility index (Phi) is 4.19. The van der Waals surface area contributed by atoms with Crippen molar-refractivity contribution in [2.75, 3.05) is 5.32 Å². The summed E-state index contributed by atoms with van der Waals surface area (Å²) >= 11 is 1.43. The van der Waals surface area contributed by atoms with E-state index in [1.165, 1.54) is 11.3 Å². The molecule has 0 aliphatic heterocycles. The van der Waals surface area contributed by atoms with Crippen molar-refractivity contribution in [2.45, 2.75) is 51.9 Å². The van der Waals surface area contributed by atoms with Gasteiger partial charge in [-0.2, -0.15) is 0 Å². The first-order chi connectivity index (χ1) is 8.52. The minimum Gasteiger partial charge on any atom is -0.375 e. The maximum absolute atomic E-state index is 11.7. The molecule has 1 aromatic rings. The maximum atomic E-state index is 11.7. The number of ether oxygens (including phenoxy) is 1. The molecule has 0 radical (unpaired) electrons. The second-order valence-corrected chi connectivity index (χ2v) is 5.73. The first kappa shape index (κ1) is 13.3. The summed E-state index contributed by atoms with van der Waals surface area (Å²) in [4.78, 5) is 15.8. The first-order valence-electron chi connectivity index (χ1n) is 6.18. The van der Waals surface area contributed by atoms with E-state index in [4.69, 9.17) is 4.74 Å². The fourth-order valence-corrected chi connectivity index (χ4v) is 2.59. The summed E-state index contributed by atoms with van der Waals surface area (Å²) in [7, 11) is 0. The molecule has 0 saturated heterocycles. The number of nitrogens with zero attached hydrogens (tertiary/aromatic N) is 1. The molecule has 1 saturated carbocycles. The van der Waals surface area contributed by atoms with E-state index in [2.05, 4.69) is 15.6 Å². The van der Waals surface area contributed by atoms with Crippen molar-refractivity contribution in [3.8, 4) is 0 Å². The second kappa shape index (κ2) is 5.67. The summed E-state index contributed by atoms with van der Waals surface area (Å²) in [5.41, 5.74) is 0.921. The van der Waals surface area contributed by atoms with Crippen molar-refractivity contribution in [1.29, 1.82) is 0 Å². The molecular weight excluding hydrogens is 250 g/mol. The molecule has 18 heavy (non-hydrogen) atoms. The van der Waals surface area contributed by atoms with E-state index in [0.29, 0.717) is 5.13 Å². The van der Waals surface area contributed by atoms with Gasteiger partial charge in [-0.05, 0) is 33.6 Å². The Hall–Kier alpha value is -1.14. The molecule has 6 heteroatoms. The molecule has 100 valence electrons. The molecule has 1 aliphatic carbocycles. The third-order valence-electron chi connectivity index (χ3n) is 2.73. The molecule has 0 aromatic carbocycles. The van der Waals surface area contributed by atoms with Crippen LogP contribution in [-0.2, 0) is 4.74 Å². The molecule has 1 fully saturated rings. The Morgan fingerprint density at radius 3 is 2.83 bits per heavy atom. The predicted octanol–water partition coefficient (Wildman–Crippen LogP) is 2.53. The average molecular weight is 269 g/mol. The lowest BCUT2D eigenvalue weighted by molar-refractivity contribution is -0.0473. The number of aromatic nitrogens is 1. The van der Waals surface area contributed by atoms with Crippen LogP contribution >= 0.6 is 11.3 Å². The smallest absolute Gasteiger partial charge is 0.321 e. The van der Waals surface area contributed by atoms with E-state index >= 15 is 0 Å². The summed E-state index contributed by atoms with van der Waals surface area (Å²) in [6.07, 6.45) is 2.32. The molecule has 0 spiro atoms. The summed E-state index contributed by atoms with van der Waals surface area (Å²) in [6, 6.07) is 0.0344. The second-order valence-electron chi connectivity index (χ2n) is 4.87. The van der Waals surface area contributed by atoms with Crippen LogP contribution in [0.5, 0.6) is 0 Å². The van der Waals surface area contributed by atoms with Gasteiger partial charge in [-0.1, -0.05) is 0 Å². The highest BCUT2D eigenvalue weighted by atomic mass is 32.1. The zero-order valence-electron chi connectivity index (χ0n) is 10.9. The van der Waals surface area contributed by atoms with Gasteiger partial charge in [0.1, 0.15) is 0 Å². The number of urea groups is 1. The zero-order chi connectivity index (χ0) is 13.1. The average Bonchev–Trinajstić information content (AvgIpc) is 2.60. The highest BCUT2D eigenvalue weighted by Crippen LogP contribution is 2.24. The first-order valence-corrected chi connectivity index (χ1v) is 7.06. The van der Waals surface area contributed by atoms with E-state index in [1.807, 2.05) is 26.2 Å². The highest BCUT2D eigenvalue weighted by molar-refractivity contribution is 7.13. The summed E-state index contributed by atoms with van der Waals surface area (Å²) in [5, 5.41) is 8.19. The molecule has 2 rings (SSSR count). The fraction of sp³-hybridized carbons (Fsp3) is 0.667. The minimum atomic E-state index is -0.183. The summed E-state index contributed by atoms with van der Waals surface area (Å²) < 4.78 is 5.64. The van der Waals surface area contributed by atoms with Gasteiger partial charge in [-0.3, -0.25) is 5.32 Å². The normalized spacial score (nSPS) is 22.7. The van der Waals surface area contributed by atoms with Gasteiger partial charge in [0, 0.05) is 11.4 Å². The van der Waals surface area contributed by atoms with Crippen LogP contribution in [0.2, 0.25) is 0 Å². The quantitative estimate of drug-likeness (QED) is 0.883. The van der Waals surface area contributed by atoms with Crippen molar-refractivity contribution in [3.63, 3.8) is 0 Å². The molecule has 0 bridgehead atoms. The van der Waals surface area contributed by atoms with Crippen LogP contribution in [0.4, 0.5) is 9.93 Å². The number of thiazole rings is 1. The Morgan fingerprint density at radius 1 is 1.56 bits per heavy atom. The van der Waals surface area contributed by atoms with Crippen molar-refractivity contribution in [1.82, 2.24) is 10.3 Å². The molecule has 0 atom stereocenters. The topological polar surface area (TPSA) is 63.2 Å². The predicted molar refractivity (Wildman–Crippen MR) is 72.0 cm³/mol. The van der Waals surface area contributed by atoms with Gasteiger partial charge in [-0.25, -0.2) is 9.78 Å². The van der Waals surface area contributed by atoms with E-state index in [-0.39, 0.29) is 24.3 Å². The number of nitrogens with one attached hydrogen (secondary N) is 2. The van der Waals surface area contributed by atoms with Gasteiger partial charge in [0.05, 0.1) is 17.9 Å². The van der Waals surface area contributed by atoms with Gasteiger partial charge >= 0.3 is 6.03 Å². The number of aryl methyl sites for hydroxylation is 1. The van der Waals surface area contributed by atoms with Crippen molar-refractivity contribution in [3.05, 3.63) is 11.1 Å². The van der Waals surface area contributed by atoms with Crippen molar-refractivity contribution < 1.29 is 9.53 Å². The molecule has 0 unspecified atom stereocenters. The Morgan fingerprint density at radius 2 is 2.28 bits per heavy atom. The van der Waals surface area contributed by atoms with E-state index < -0.39 is 0 Å². The minimum absolute atomic E-state index is 0.183. The fourth-order valence-electron chi connectivity index (χ4n) is 1.91. The number of carbonyl (C=O) groups excluding carboxylic acids is 1. The molecule has 1 heterocycles. The Labute approximate surface area is 111 Å². The third-order valence-corrected chi connectivity index (χ3v) is 3.61. The number of hydrogen-bond acceptors (Lipinski definition) is 4. The highest BCUT2D eigenvalue weighted by Gasteiger charge is 2.31. The van der Waals surface area contributed by atoms with Gasteiger partial charge in [-0.15, -0.1) is 11.3 Å². The summed E-state index contributed by atoms with van der Waals surface area (Å²) in [5.74, 6) is 0. The monoisotopic (exact) mass is 269 g/mol. The summed E-state index contributed by atoms with van der Waals surface area (Å²) in [6.45, 7) is 5.95. The standard InChI is InChI=1S/C12H19N3O2S/c1-7(2)17-10-4-9(5-10)14-11(16)15-12-13-8(3)6-18-12/h6-7,9-10H,4-5H2,1-3H3,(H2,13,14,15,16). The van der Waals surface area contributed by atoms with Crippen molar-refractivity contribution in [2.24, 2.45) is 0 Å². The van der Waals surface area contributed by atoms with Crippen LogP contribution in [0.3, 0.4) is 0 Å². The molecule has 2 N–H and O–H groups in total. The molecular formula is C12H19N3O2S. The van der Waals surface area contributed by atoms with Crippen LogP contribution < -0.4 is 10.6 Å². The van der Waals surface area contributed by atoms with E-state index in [9.17, 15) is 4.79 Å². The Bertz CT molecular complexity index is 413. The van der Waals surface area contributed by atoms with Crippen LogP contribution in [0, 0.1) is 6.92 Å². The van der Waals surface area contributed by atoms with Crippen molar-refractivity contribution >= 4 is 22.5 Å². The van der Waals surface area contributed by atoms with Crippen LogP contribution in [0.25, 0.3) is 0 Å². The number of amides is 2. The lowest BCUT2D eigenvalue weighted by Gasteiger charge is -2.36. The van der Waals surface area contributed by atoms with Crippen LogP contribution in [0.1, 0.15) is 32.4 Å². The zero-order valence-corrected chi connectivity index (χ0v) is 11.7. The number of carbonyl (C=O) groups is 1. The van der Waals surface area contributed by atoms with Gasteiger partial charge in [0.2, 0.25) is 0 Å². The largest absolute Gasteiger partial charge is 0.375 e. The number of anilines is 1. The molecule has 2 amide bonds. The molecule has 1 aromatic heterocycles. The SMILES string of the molecule is Cc1csc(NC(=O)NC2CC(OC(C)C)C2)n1. The number of hydrogen-bond donors (Lipinski definition) is 2. The maximum Gasteiger partial charge on any atom is 0.321 e. The third kappa shape index (κ3) is 3.68. The lowest BCUT2D eigenvalue weighted by atomic mass is 9.89. The lowest BCUT2D eigenvalue weighted by Crippen LogP contribution is -2.49. The van der Waals surface area contributed by atoms with E-state index in [0.717, 1.165) is 18.5 Å². The van der Waals surface area contributed by atoms with Crippen LogP contribution in [-0.4, -0.2) is 29.3 Å². The van der Waals surface area contributed by atoms with Gasteiger partial charge in [0.15, 0.2) is 5.13 Å². The van der Waals surface area contributed by atoms with Crippen LogP contribution in [0.15, 0.2) is 5.38 Å².